The molecule has 0 aliphatic rings. The number of halogens is 1. The van der Waals surface area contributed by atoms with Crippen LogP contribution in [0.5, 0.6) is 0 Å². The van der Waals surface area contributed by atoms with Gasteiger partial charge in [0.2, 0.25) is 0 Å². The van der Waals surface area contributed by atoms with Crippen molar-refractivity contribution < 1.29 is 0 Å². The number of nitrogens with zero attached hydrogens (tertiary/aromatic N) is 3. The minimum absolute atomic E-state index is 0.164. The van der Waals surface area contributed by atoms with Crippen LogP contribution in [0.3, 0.4) is 0 Å². The van der Waals surface area contributed by atoms with Gasteiger partial charge in [-0.3, -0.25) is 4.68 Å². The zero-order valence-electron chi connectivity index (χ0n) is 9.85. The van der Waals surface area contributed by atoms with Crippen molar-refractivity contribution in [1.29, 1.82) is 0 Å². The molecule has 0 radical (unpaired) electrons. The van der Waals surface area contributed by atoms with E-state index < -0.39 is 0 Å². The molecule has 0 amide bonds. The maximum atomic E-state index is 4.00. The van der Waals surface area contributed by atoms with Crippen LogP contribution < -0.4 is 5.32 Å². The molecule has 0 spiro atoms. The normalized spacial score (nSPS) is 12.9. The lowest BCUT2D eigenvalue weighted by Gasteiger charge is -2.17. The molecular formula is C11H15BrN4S. The van der Waals surface area contributed by atoms with Gasteiger partial charge in [0, 0.05) is 7.05 Å². The summed E-state index contributed by atoms with van der Waals surface area (Å²) >= 11 is 5.20. The van der Waals surface area contributed by atoms with E-state index in [-0.39, 0.29) is 6.04 Å². The van der Waals surface area contributed by atoms with Gasteiger partial charge in [0.05, 0.1) is 21.7 Å². The van der Waals surface area contributed by atoms with E-state index in [9.17, 15) is 0 Å². The highest BCUT2D eigenvalue weighted by Gasteiger charge is 2.18. The van der Waals surface area contributed by atoms with E-state index in [1.165, 1.54) is 5.56 Å². The highest BCUT2D eigenvalue weighted by molar-refractivity contribution is 9.11. The second-order valence-electron chi connectivity index (χ2n) is 3.85. The molecule has 4 nitrogen and oxygen atoms in total. The number of aryl methyl sites for hydroxylation is 1. The first-order valence-electron chi connectivity index (χ1n) is 5.54. The van der Waals surface area contributed by atoms with Gasteiger partial charge < -0.3 is 5.32 Å². The zero-order chi connectivity index (χ0) is 12.3. The van der Waals surface area contributed by atoms with E-state index in [0.717, 1.165) is 22.4 Å². The number of hydrogen-bond donors (Lipinski definition) is 1. The van der Waals surface area contributed by atoms with Crippen molar-refractivity contribution in [3.63, 3.8) is 0 Å². The number of hydrogen-bond acceptors (Lipinski definition) is 4. The Morgan fingerprint density at radius 3 is 2.94 bits per heavy atom. The summed E-state index contributed by atoms with van der Waals surface area (Å²) in [5, 5.41) is 13.6. The van der Waals surface area contributed by atoms with E-state index in [0.29, 0.717) is 0 Å². The van der Waals surface area contributed by atoms with Crippen molar-refractivity contribution in [2.75, 3.05) is 6.54 Å². The summed E-state index contributed by atoms with van der Waals surface area (Å²) < 4.78 is 2.96. The summed E-state index contributed by atoms with van der Waals surface area (Å²) in [6.45, 7) is 3.14. The van der Waals surface area contributed by atoms with Gasteiger partial charge >= 0.3 is 0 Å². The Hall–Kier alpha value is -0.720. The Morgan fingerprint density at radius 2 is 2.41 bits per heavy atom. The van der Waals surface area contributed by atoms with Crippen LogP contribution in [0, 0.1) is 0 Å². The Bertz CT molecular complexity index is 479. The van der Waals surface area contributed by atoms with Crippen LogP contribution in [-0.4, -0.2) is 21.5 Å². The molecular weight excluding hydrogens is 300 g/mol. The molecule has 0 saturated carbocycles. The molecule has 0 aliphatic heterocycles. The smallest absolute Gasteiger partial charge is 0.0798 e. The predicted molar refractivity (Wildman–Crippen MR) is 73.2 cm³/mol. The lowest BCUT2D eigenvalue weighted by Crippen LogP contribution is -2.24. The number of nitrogens with one attached hydrogen (secondary N) is 1. The van der Waals surface area contributed by atoms with Crippen LogP contribution >= 0.6 is 27.3 Å². The monoisotopic (exact) mass is 314 g/mol. The zero-order valence-corrected chi connectivity index (χ0v) is 12.3. The summed E-state index contributed by atoms with van der Waals surface area (Å²) in [5.74, 6) is 0. The van der Waals surface area contributed by atoms with Crippen molar-refractivity contribution in [3.8, 4) is 0 Å². The van der Waals surface area contributed by atoms with E-state index in [4.69, 9.17) is 0 Å². The fraction of sp³-hybridized carbons (Fsp3) is 0.455. The van der Waals surface area contributed by atoms with Gasteiger partial charge in [-0.1, -0.05) is 12.1 Å². The van der Waals surface area contributed by atoms with E-state index >= 15 is 0 Å². The summed E-state index contributed by atoms with van der Waals surface area (Å²) in [4.78, 5) is 0. The highest BCUT2D eigenvalue weighted by Crippen LogP contribution is 2.28. The molecule has 2 aromatic heterocycles. The third-order valence-electron chi connectivity index (χ3n) is 2.56. The first kappa shape index (κ1) is 12.7. The number of aromatic nitrogens is 3. The van der Waals surface area contributed by atoms with Crippen LogP contribution in [0.4, 0.5) is 0 Å². The molecule has 2 rings (SSSR count). The maximum absolute atomic E-state index is 4.00. The Labute approximate surface area is 113 Å². The average Bonchev–Trinajstić information content (AvgIpc) is 2.90. The highest BCUT2D eigenvalue weighted by atomic mass is 79.9. The summed E-state index contributed by atoms with van der Waals surface area (Å²) in [6.07, 6.45) is 2.92. The van der Waals surface area contributed by atoms with E-state index in [1.807, 2.05) is 17.9 Å². The maximum Gasteiger partial charge on any atom is 0.0798 e. The summed E-state index contributed by atoms with van der Waals surface area (Å²) in [7, 11) is 1.92. The van der Waals surface area contributed by atoms with Gasteiger partial charge in [-0.05, 0) is 45.9 Å². The lowest BCUT2D eigenvalue weighted by molar-refractivity contribution is 0.551. The van der Waals surface area contributed by atoms with Crippen LogP contribution in [0.2, 0.25) is 0 Å². The number of thiophene rings is 1. The molecule has 1 unspecified atom stereocenters. The van der Waals surface area contributed by atoms with Gasteiger partial charge in [0.25, 0.3) is 0 Å². The van der Waals surface area contributed by atoms with Gasteiger partial charge in [0.15, 0.2) is 0 Å². The topological polar surface area (TPSA) is 42.7 Å². The van der Waals surface area contributed by atoms with Gasteiger partial charge in [0.1, 0.15) is 0 Å². The molecule has 0 bridgehead atoms. The fourth-order valence-corrected chi connectivity index (χ4v) is 2.92. The standard InChI is InChI=1S/C11H15BrN4S/c1-3-4-13-11(8-5-10(12)17-7-8)9-6-14-15-16(9)2/h5-7,11,13H,3-4H2,1-2H3. The van der Waals surface area contributed by atoms with E-state index in [2.05, 4.69) is 49.9 Å². The quantitative estimate of drug-likeness (QED) is 0.922. The van der Waals surface area contributed by atoms with Crippen molar-refractivity contribution >= 4 is 27.3 Å². The second kappa shape index (κ2) is 5.75. The van der Waals surface area contributed by atoms with Crippen LogP contribution in [0.25, 0.3) is 0 Å². The van der Waals surface area contributed by atoms with Crippen molar-refractivity contribution in [2.45, 2.75) is 19.4 Å². The minimum Gasteiger partial charge on any atom is -0.305 e. The summed E-state index contributed by atoms with van der Waals surface area (Å²) in [6, 6.07) is 2.31. The van der Waals surface area contributed by atoms with Crippen LogP contribution in [0.15, 0.2) is 21.4 Å². The predicted octanol–water partition coefficient (Wildman–Crippen LogP) is 2.73. The molecule has 2 aromatic rings. The van der Waals surface area contributed by atoms with Crippen molar-refractivity contribution in [3.05, 3.63) is 32.7 Å². The fourth-order valence-electron chi connectivity index (χ4n) is 1.72. The van der Waals surface area contributed by atoms with Crippen LogP contribution in [0.1, 0.15) is 30.6 Å². The SMILES string of the molecule is CCCNC(c1csc(Br)c1)c1cnnn1C. The van der Waals surface area contributed by atoms with Crippen molar-refractivity contribution in [2.24, 2.45) is 7.05 Å². The Balaban J connectivity index is 2.28. The second-order valence-corrected chi connectivity index (χ2v) is 6.14. The molecule has 6 heteroatoms. The first-order chi connectivity index (χ1) is 8.22. The largest absolute Gasteiger partial charge is 0.305 e. The molecule has 0 aliphatic carbocycles. The average molecular weight is 315 g/mol. The first-order valence-corrected chi connectivity index (χ1v) is 7.21. The molecule has 2 heterocycles. The summed E-state index contributed by atoms with van der Waals surface area (Å²) in [5.41, 5.74) is 2.34. The molecule has 0 aromatic carbocycles. The Kier molecular flexibility index (Phi) is 4.31. The molecule has 0 fully saturated rings. The van der Waals surface area contributed by atoms with Gasteiger partial charge in [-0.25, -0.2) is 0 Å². The molecule has 1 N–H and O–H groups in total. The van der Waals surface area contributed by atoms with E-state index in [1.54, 1.807) is 11.3 Å². The van der Waals surface area contributed by atoms with Crippen LogP contribution in [-0.2, 0) is 7.05 Å². The molecule has 17 heavy (non-hydrogen) atoms. The minimum atomic E-state index is 0.164. The molecule has 1 atom stereocenters. The van der Waals surface area contributed by atoms with Gasteiger partial charge in [-0.15, -0.1) is 16.4 Å². The third kappa shape index (κ3) is 2.94. The molecule has 0 saturated heterocycles. The van der Waals surface area contributed by atoms with Gasteiger partial charge in [-0.2, -0.15) is 0 Å². The Morgan fingerprint density at radius 1 is 1.59 bits per heavy atom. The third-order valence-corrected chi connectivity index (χ3v) is 4.09. The molecule has 92 valence electrons. The lowest BCUT2D eigenvalue weighted by atomic mass is 10.1. The number of rotatable bonds is 5. The van der Waals surface area contributed by atoms with Crippen molar-refractivity contribution in [1.82, 2.24) is 20.3 Å².